The van der Waals surface area contributed by atoms with Crippen LogP contribution in [0, 0.1) is 0 Å². The molecule has 100 valence electrons. The van der Waals surface area contributed by atoms with Crippen LogP contribution in [0.5, 0.6) is 5.75 Å². The summed E-state index contributed by atoms with van der Waals surface area (Å²) < 4.78 is 11.0. The molecule has 1 aliphatic rings. The number of ether oxygens (including phenoxy) is 2. The summed E-state index contributed by atoms with van der Waals surface area (Å²) in [5, 5.41) is 3.56. The summed E-state index contributed by atoms with van der Waals surface area (Å²) >= 11 is 0. The molecular weight excluding hydrogens is 226 g/mol. The largest absolute Gasteiger partial charge is 0.494 e. The van der Waals surface area contributed by atoms with E-state index in [-0.39, 0.29) is 0 Å². The first-order chi connectivity index (χ1) is 8.81. The van der Waals surface area contributed by atoms with Crippen molar-refractivity contribution in [3.8, 4) is 5.75 Å². The molecule has 0 heterocycles. The van der Waals surface area contributed by atoms with Gasteiger partial charge in [0.05, 0.1) is 12.7 Å². The average molecular weight is 249 g/mol. The van der Waals surface area contributed by atoms with Crippen LogP contribution in [0.4, 0.5) is 0 Å². The van der Waals surface area contributed by atoms with E-state index in [1.165, 1.54) is 5.56 Å². The number of nitrogens with one attached hydrogen (secondary N) is 1. The van der Waals surface area contributed by atoms with E-state index in [2.05, 4.69) is 24.4 Å². The van der Waals surface area contributed by atoms with E-state index in [1.807, 2.05) is 19.1 Å². The second-order valence-corrected chi connectivity index (χ2v) is 4.71. The lowest BCUT2D eigenvalue weighted by atomic mass is 9.89. The van der Waals surface area contributed by atoms with Crippen molar-refractivity contribution < 1.29 is 9.47 Å². The third kappa shape index (κ3) is 3.72. The maximum atomic E-state index is 5.55. The zero-order valence-corrected chi connectivity index (χ0v) is 11.3. The highest BCUT2D eigenvalue weighted by atomic mass is 16.5. The quantitative estimate of drug-likeness (QED) is 0.806. The van der Waals surface area contributed by atoms with E-state index in [0.29, 0.717) is 12.1 Å². The maximum Gasteiger partial charge on any atom is 0.119 e. The molecule has 1 aliphatic carbocycles. The van der Waals surface area contributed by atoms with Crippen LogP contribution in [0.25, 0.3) is 0 Å². The SMILES string of the molecule is CCOc1cccc(CNC2CC(OCC)C2)c1. The Kier molecular flexibility index (Phi) is 5.02. The lowest BCUT2D eigenvalue weighted by molar-refractivity contribution is -0.0102. The highest BCUT2D eigenvalue weighted by molar-refractivity contribution is 5.28. The Morgan fingerprint density at radius 1 is 1.22 bits per heavy atom. The van der Waals surface area contributed by atoms with Gasteiger partial charge >= 0.3 is 0 Å². The monoisotopic (exact) mass is 249 g/mol. The molecule has 1 N–H and O–H groups in total. The van der Waals surface area contributed by atoms with Crippen molar-refractivity contribution in [3.05, 3.63) is 29.8 Å². The van der Waals surface area contributed by atoms with Crippen molar-refractivity contribution >= 4 is 0 Å². The number of rotatable bonds is 7. The fourth-order valence-corrected chi connectivity index (χ4v) is 2.28. The highest BCUT2D eigenvalue weighted by Gasteiger charge is 2.28. The molecule has 0 bridgehead atoms. The van der Waals surface area contributed by atoms with Crippen molar-refractivity contribution in [3.63, 3.8) is 0 Å². The third-order valence-electron chi connectivity index (χ3n) is 3.30. The summed E-state index contributed by atoms with van der Waals surface area (Å²) in [4.78, 5) is 0. The van der Waals surface area contributed by atoms with Crippen molar-refractivity contribution in [2.75, 3.05) is 13.2 Å². The van der Waals surface area contributed by atoms with Crippen molar-refractivity contribution in [2.24, 2.45) is 0 Å². The van der Waals surface area contributed by atoms with Gasteiger partial charge in [-0.3, -0.25) is 0 Å². The fraction of sp³-hybridized carbons (Fsp3) is 0.600. The van der Waals surface area contributed by atoms with Crippen LogP contribution < -0.4 is 10.1 Å². The summed E-state index contributed by atoms with van der Waals surface area (Å²) in [6, 6.07) is 8.90. The summed E-state index contributed by atoms with van der Waals surface area (Å²) in [6.07, 6.45) is 2.75. The molecule has 0 amide bonds. The Morgan fingerprint density at radius 3 is 2.78 bits per heavy atom. The first-order valence-corrected chi connectivity index (χ1v) is 6.88. The minimum atomic E-state index is 0.474. The number of benzene rings is 1. The lowest BCUT2D eigenvalue weighted by Gasteiger charge is -2.35. The predicted molar refractivity (Wildman–Crippen MR) is 72.9 cm³/mol. The van der Waals surface area contributed by atoms with Crippen LogP contribution >= 0.6 is 0 Å². The van der Waals surface area contributed by atoms with Gasteiger partial charge in [-0.25, -0.2) is 0 Å². The maximum absolute atomic E-state index is 5.55. The van der Waals surface area contributed by atoms with Gasteiger partial charge in [-0.1, -0.05) is 12.1 Å². The smallest absolute Gasteiger partial charge is 0.119 e. The van der Waals surface area contributed by atoms with Gasteiger partial charge in [0, 0.05) is 19.2 Å². The van der Waals surface area contributed by atoms with Crippen molar-refractivity contribution in [1.29, 1.82) is 0 Å². The molecule has 2 rings (SSSR count). The van der Waals surface area contributed by atoms with Crippen LogP contribution in [-0.4, -0.2) is 25.4 Å². The van der Waals surface area contributed by atoms with Crippen LogP contribution in [0.15, 0.2) is 24.3 Å². The van der Waals surface area contributed by atoms with Crippen LogP contribution in [0.2, 0.25) is 0 Å². The molecule has 3 nitrogen and oxygen atoms in total. The van der Waals surface area contributed by atoms with Gasteiger partial charge in [0.25, 0.3) is 0 Å². The Labute approximate surface area is 109 Å². The molecule has 1 aromatic rings. The van der Waals surface area contributed by atoms with E-state index in [0.717, 1.165) is 38.3 Å². The average Bonchev–Trinajstić information content (AvgIpc) is 2.33. The topological polar surface area (TPSA) is 30.5 Å². The molecule has 0 atom stereocenters. The van der Waals surface area contributed by atoms with E-state index in [9.17, 15) is 0 Å². The Bertz CT molecular complexity index is 361. The second-order valence-electron chi connectivity index (χ2n) is 4.71. The Balaban J connectivity index is 1.72. The van der Waals surface area contributed by atoms with Crippen LogP contribution in [-0.2, 0) is 11.3 Å². The molecule has 0 saturated heterocycles. The molecule has 0 unspecified atom stereocenters. The zero-order valence-electron chi connectivity index (χ0n) is 11.3. The highest BCUT2D eigenvalue weighted by Crippen LogP contribution is 2.23. The molecular formula is C15H23NO2. The van der Waals surface area contributed by atoms with Gasteiger partial charge < -0.3 is 14.8 Å². The fourth-order valence-electron chi connectivity index (χ4n) is 2.28. The minimum absolute atomic E-state index is 0.474. The summed E-state index contributed by atoms with van der Waals surface area (Å²) in [7, 11) is 0. The molecule has 0 aromatic heterocycles. The lowest BCUT2D eigenvalue weighted by Crippen LogP contribution is -2.45. The summed E-state index contributed by atoms with van der Waals surface area (Å²) in [5.74, 6) is 0.956. The molecule has 0 radical (unpaired) electrons. The molecule has 1 fully saturated rings. The van der Waals surface area contributed by atoms with E-state index < -0.39 is 0 Å². The van der Waals surface area contributed by atoms with Crippen molar-refractivity contribution in [1.82, 2.24) is 5.32 Å². The van der Waals surface area contributed by atoms with Gasteiger partial charge in [-0.2, -0.15) is 0 Å². The van der Waals surface area contributed by atoms with E-state index >= 15 is 0 Å². The predicted octanol–water partition coefficient (Wildman–Crippen LogP) is 2.74. The Morgan fingerprint density at radius 2 is 2.06 bits per heavy atom. The summed E-state index contributed by atoms with van der Waals surface area (Å²) in [6.45, 7) is 6.51. The molecule has 0 spiro atoms. The molecule has 3 heteroatoms. The minimum Gasteiger partial charge on any atom is -0.494 e. The first kappa shape index (κ1) is 13.4. The molecule has 0 aliphatic heterocycles. The van der Waals surface area contributed by atoms with Gasteiger partial charge in [0.15, 0.2) is 0 Å². The standard InChI is InChI=1S/C15H23NO2/c1-3-17-14-7-5-6-12(8-14)11-16-13-9-15(10-13)18-4-2/h5-8,13,15-16H,3-4,9-11H2,1-2H3. The molecule has 1 saturated carbocycles. The van der Waals surface area contributed by atoms with Crippen molar-refractivity contribution in [2.45, 2.75) is 45.4 Å². The molecule has 1 aromatic carbocycles. The third-order valence-corrected chi connectivity index (χ3v) is 3.30. The van der Waals surface area contributed by atoms with Gasteiger partial charge in [0.1, 0.15) is 5.75 Å². The normalized spacial score (nSPS) is 22.6. The summed E-state index contributed by atoms with van der Waals surface area (Å²) in [5.41, 5.74) is 1.28. The van der Waals surface area contributed by atoms with Crippen LogP contribution in [0.1, 0.15) is 32.3 Å². The van der Waals surface area contributed by atoms with Gasteiger partial charge in [-0.15, -0.1) is 0 Å². The van der Waals surface area contributed by atoms with E-state index in [4.69, 9.17) is 9.47 Å². The van der Waals surface area contributed by atoms with Crippen LogP contribution in [0.3, 0.4) is 0 Å². The number of hydrogen-bond acceptors (Lipinski definition) is 3. The molecule has 18 heavy (non-hydrogen) atoms. The zero-order chi connectivity index (χ0) is 12.8. The van der Waals surface area contributed by atoms with E-state index in [1.54, 1.807) is 0 Å². The number of hydrogen-bond donors (Lipinski definition) is 1. The second kappa shape index (κ2) is 6.76. The first-order valence-electron chi connectivity index (χ1n) is 6.88. The van der Waals surface area contributed by atoms with Gasteiger partial charge in [0.2, 0.25) is 0 Å². The van der Waals surface area contributed by atoms with Gasteiger partial charge in [-0.05, 0) is 44.4 Å². The Hall–Kier alpha value is -1.06.